The highest BCUT2D eigenvalue weighted by atomic mass is 16.2. The molecule has 0 saturated carbocycles. The van der Waals surface area contributed by atoms with Gasteiger partial charge in [0, 0.05) is 29.4 Å². The highest BCUT2D eigenvalue weighted by molar-refractivity contribution is 6.38. The molecule has 0 aromatic heterocycles. The molecule has 0 saturated heterocycles. The molecule has 23 heavy (non-hydrogen) atoms. The molecule has 0 radical (unpaired) electrons. The van der Waals surface area contributed by atoms with Gasteiger partial charge in [-0.25, -0.2) is 0 Å². The Kier molecular flexibility index (Phi) is 3.66. The molecule has 2 aromatic carbocycles. The zero-order chi connectivity index (χ0) is 16.6. The third kappa shape index (κ3) is 2.38. The van der Waals surface area contributed by atoms with Gasteiger partial charge in [-0.15, -0.1) is 0 Å². The molecule has 0 N–H and O–H groups in total. The normalized spacial score (nSPS) is 13.8. The van der Waals surface area contributed by atoms with Crippen molar-refractivity contribution in [3.8, 4) is 0 Å². The Morgan fingerprint density at radius 3 is 1.96 bits per heavy atom. The summed E-state index contributed by atoms with van der Waals surface area (Å²) in [5.41, 5.74) is 1.44. The summed E-state index contributed by atoms with van der Waals surface area (Å²) in [6.07, 6.45) is 0. The number of hydrogen-bond donors (Lipinski definition) is 0. The average Bonchev–Trinajstić information content (AvgIpc) is 2.60. The lowest BCUT2D eigenvalue weighted by Gasteiger charge is -2.23. The van der Waals surface area contributed by atoms with Gasteiger partial charge >= 0.3 is 0 Å². The molecule has 2 aromatic rings. The molecule has 0 unspecified atom stereocenters. The minimum absolute atomic E-state index is 0.0555. The molecule has 3 rings (SSSR count). The number of amides is 1. The second-order valence-electron chi connectivity index (χ2n) is 5.40. The van der Waals surface area contributed by atoms with Crippen molar-refractivity contribution in [3.63, 3.8) is 0 Å². The van der Waals surface area contributed by atoms with Gasteiger partial charge in [0.2, 0.25) is 0 Å². The first-order valence-electron chi connectivity index (χ1n) is 7.24. The fraction of sp³-hybridized carbons (Fsp3) is 0.105. The van der Waals surface area contributed by atoms with Crippen molar-refractivity contribution in [2.45, 2.75) is 6.92 Å². The number of likely N-dealkylation sites (N-methyl/N-ethyl adjacent to an activating group) is 1. The lowest BCUT2D eigenvalue weighted by molar-refractivity contribution is -0.114. The molecule has 4 nitrogen and oxygen atoms in total. The fourth-order valence-corrected chi connectivity index (χ4v) is 2.69. The Hall–Kier alpha value is -3.01. The number of allylic oxidation sites excluding steroid dienone is 1. The lowest BCUT2D eigenvalue weighted by atomic mass is 9.84. The van der Waals surface area contributed by atoms with Crippen molar-refractivity contribution in [1.29, 1.82) is 0 Å². The maximum Gasteiger partial charge on any atom is 0.262 e. The number of ketones is 2. The number of carbonyl (C=O) groups excluding carboxylic acids is 3. The summed E-state index contributed by atoms with van der Waals surface area (Å²) in [4.78, 5) is 39.3. The standard InChI is InChI=1S/C19H15NO3/c1-12-16(19(23)20(2)13-8-4-3-5-9-13)18(22)15-11-7-6-10-14(15)17(12)21/h3-11H,1-2H3. The van der Waals surface area contributed by atoms with Crippen LogP contribution in [0.5, 0.6) is 0 Å². The number of anilines is 1. The van der Waals surface area contributed by atoms with Crippen LogP contribution in [0.2, 0.25) is 0 Å². The highest BCUT2D eigenvalue weighted by Crippen LogP contribution is 2.28. The van der Waals surface area contributed by atoms with Crippen molar-refractivity contribution < 1.29 is 14.4 Å². The van der Waals surface area contributed by atoms with Crippen LogP contribution in [0, 0.1) is 0 Å². The van der Waals surface area contributed by atoms with Gasteiger partial charge in [-0.2, -0.15) is 0 Å². The summed E-state index contributed by atoms with van der Waals surface area (Å²) < 4.78 is 0. The monoisotopic (exact) mass is 305 g/mol. The van der Waals surface area contributed by atoms with E-state index in [1.54, 1.807) is 43.4 Å². The van der Waals surface area contributed by atoms with Crippen LogP contribution >= 0.6 is 0 Å². The molecule has 0 bridgehead atoms. The first-order chi connectivity index (χ1) is 11.0. The minimum atomic E-state index is -0.471. The van der Waals surface area contributed by atoms with Gasteiger partial charge in [0.05, 0.1) is 5.57 Å². The smallest absolute Gasteiger partial charge is 0.262 e. The first-order valence-corrected chi connectivity index (χ1v) is 7.24. The highest BCUT2D eigenvalue weighted by Gasteiger charge is 2.34. The Bertz CT molecular complexity index is 850. The summed E-state index contributed by atoms with van der Waals surface area (Å²) in [7, 11) is 1.59. The number of fused-ring (bicyclic) bond motifs is 1. The number of rotatable bonds is 2. The van der Waals surface area contributed by atoms with Gasteiger partial charge < -0.3 is 4.90 Å². The number of hydrogen-bond acceptors (Lipinski definition) is 3. The summed E-state index contributed by atoms with van der Waals surface area (Å²) in [6, 6.07) is 15.6. The largest absolute Gasteiger partial charge is 0.311 e. The van der Waals surface area contributed by atoms with Gasteiger partial charge in [0.25, 0.3) is 5.91 Å². The first kappa shape index (κ1) is 14.9. The lowest BCUT2D eigenvalue weighted by Crippen LogP contribution is -2.35. The number of carbonyl (C=O) groups is 3. The average molecular weight is 305 g/mol. The van der Waals surface area contributed by atoms with Gasteiger partial charge in [-0.05, 0) is 19.1 Å². The molecule has 0 heterocycles. The SMILES string of the molecule is CC1=C(C(=O)N(C)c2ccccc2)C(=O)c2ccccc2C1=O. The van der Waals surface area contributed by atoms with Crippen LogP contribution in [0.1, 0.15) is 27.6 Å². The van der Waals surface area contributed by atoms with E-state index in [2.05, 4.69) is 0 Å². The summed E-state index contributed by atoms with van der Waals surface area (Å²) >= 11 is 0. The van der Waals surface area contributed by atoms with Crippen molar-refractivity contribution in [3.05, 3.63) is 76.9 Å². The third-order valence-corrected chi connectivity index (χ3v) is 4.02. The van der Waals surface area contributed by atoms with Gasteiger partial charge in [-0.1, -0.05) is 42.5 Å². The van der Waals surface area contributed by atoms with E-state index in [9.17, 15) is 14.4 Å². The van der Waals surface area contributed by atoms with E-state index < -0.39 is 11.7 Å². The number of benzene rings is 2. The Morgan fingerprint density at radius 2 is 1.35 bits per heavy atom. The topological polar surface area (TPSA) is 54.5 Å². The van der Waals surface area contributed by atoms with E-state index in [0.717, 1.165) is 0 Å². The van der Waals surface area contributed by atoms with E-state index in [1.165, 1.54) is 11.8 Å². The zero-order valence-electron chi connectivity index (χ0n) is 12.9. The predicted octanol–water partition coefficient (Wildman–Crippen LogP) is 3.05. The maximum absolute atomic E-state index is 12.8. The Labute approximate surface area is 134 Å². The molecule has 0 aliphatic heterocycles. The summed E-state index contributed by atoms with van der Waals surface area (Å²) in [5.74, 6) is -1.14. The Morgan fingerprint density at radius 1 is 0.826 bits per heavy atom. The Balaban J connectivity index is 2.06. The maximum atomic E-state index is 12.8. The molecular formula is C19H15NO3. The summed E-state index contributed by atoms with van der Waals surface area (Å²) in [6.45, 7) is 1.53. The molecule has 0 spiro atoms. The van der Waals surface area contributed by atoms with E-state index in [-0.39, 0.29) is 22.5 Å². The van der Waals surface area contributed by atoms with Crippen LogP contribution in [0.15, 0.2) is 65.7 Å². The molecule has 114 valence electrons. The van der Waals surface area contributed by atoms with Crippen molar-refractivity contribution in [2.75, 3.05) is 11.9 Å². The molecule has 0 atom stereocenters. The molecule has 1 aliphatic carbocycles. The third-order valence-electron chi connectivity index (χ3n) is 4.02. The molecular weight excluding hydrogens is 290 g/mol. The molecule has 0 fully saturated rings. The van der Waals surface area contributed by atoms with Crippen LogP contribution < -0.4 is 4.90 Å². The number of para-hydroxylation sites is 1. The van der Waals surface area contributed by atoms with E-state index in [0.29, 0.717) is 11.3 Å². The number of Topliss-reactive ketones (excluding diaryl/α,β-unsaturated/α-hetero) is 2. The fourth-order valence-electron chi connectivity index (χ4n) is 2.69. The van der Waals surface area contributed by atoms with E-state index in [1.807, 2.05) is 18.2 Å². The van der Waals surface area contributed by atoms with Gasteiger partial charge in [0.1, 0.15) is 0 Å². The van der Waals surface area contributed by atoms with E-state index in [4.69, 9.17) is 0 Å². The molecule has 1 aliphatic rings. The zero-order valence-corrected chi connectivity index (χ0v) is 12.9. The molecule has 1 amide bonds. The van der Waals surface area contributed by atoms with Gasteiger partial charge in [-0.3, -0.25) is 14.4 Å². The van der Waals surface area contributed by atoms with Crippen molar-refractivity contribution in [2.24, 2.45) is 0 Å². The summed E-state index contributed by atoms with van der Waals surface area (Å²) in [5, 5.41) is 0. The quantitative estimate of drug-likeness (QED) is 0.801. The van der Waals surface area contributed by atoms with Crippen LogP contribution in [0.25, 0.3) is 0 Å². The second kappa shape index (κ2) is 5.65. The number of nitrogens with zero attached hydrogens (tertiary/aromatic N) is 1. The molecule has 4 heteroatoms. The predicted molar refractivity (Wildman–Crippen MR) is 87.7 cm³/mol. The second-order valence-corrected chi connectivity index (χ2v) is 5.40. The van der Waals surface area contributed by atoms with Crippen LogP contribution in [-0.2, 0) is 4.79 Å². The van der Waals surface area contributed by atoms with E-state index >= 15 is 0 Å². The van der Waals surface area contributed by atoms with Crippen molar-refractivity contribution in [1.82, 2.24) is 0 Å². The van der Waals surface area contributed by atoms with Crippen molar-refractivity contribution >= 4 is 23.2 Å². The van der Waals surface area contributed by atoms with Crippen LogP contribution in [-0.4, -0.2) is 24.5 Å². The van der Waals surface area contributed by atoms with Crippen LogP contribution in [0.3, 0.4) is 0 Å². The van der Waals surface area contributed by atoms with Gasteiger partial charge in [0.15, 0.2) is 11.6 Å². The minimum Gasteiger partial charge on any atom is -0.311 e. The van der Waals surface area contributed by atoms with Crippen LogP contribution in [0.4, 0.5) is 5.69 Å².